The van der Waals surface area contributed by atoms with Crippen molar-refractivity contribution in [2.45, 2.75) is 38.0 Å². The third kappa shape index (κ3) is 6.27. The van der Waals surface area contributed by atoms with E-state index in [9.17, 15) is 9.59 Å². The lowest BCUT2D eigenvalue weighted by Gasteiger charge is -2.19. The number of hydrogen-bond donors (Lipinski definition) is 2. The van der Waals surface area contributed by atoms with E-state index in [1.807, 2.05) is 0 Å². The fourth-order valence-electron chi connectivity index (χ4n) is 2.24. The van der Waals surface area contributed by atoms with Crippen LogP contribution in [0.25, 0.3) is 0 Å². The molecule has 0 heterocycles. The van der Waals surface area contributed by atoms with Crippen molar-refractivity contribution in [2.75, 3.05) is 16.4 Å². The summed E-state index contributed by atoms with van der Waals surface area (Å²) in [4.78, 5) is 24.1. The van der Waals surface area contributed by atoms with E-state index >= 15 is 0 Å². The van der Waals surface area contributed by atoms with Gasteiger partial charge in [0.05, 0.1) is 5.75 Å². The first-order valence-electron chi connectivity index (χ1n) is 8.15. The zero-order valence-corrected chi connectivity index (χ0v) is 15.9. The zero-order valence-electron chi connectivity index (χ0n) is 15.1. The van der Waals surface area contributed by atoms with E-state index in [4.69, 9.17) is 0 Å². The average molecular weight is 356 g/mol. The summed E-state index contributed by atoms with van der Waals surface area (Å²) in [6, 6.07) is 15.4. The maximum Gasteiger partial charge on any atom is 0.234 e. The molecule has 0 aromatic heterocycles. The lowest BCUT2D eigenvalue weighted by Crippen LogP contribution is -2.14. The number of thioether (sulfide) groups is 1. The Labute approximate surface area is 153 Å². The van der Waals surface area contributed by atoms with Crippen LogP contribution in [0.4, 0.5) is 11.4 Å². The van der Waals surface area contributed by atoms with E-state index in [2.05, 4.69) is 55.7 Å². The number of carbonyl (C=O) groups is 2. The molecule has 0 aliphatic heterocycles. The molecule has 0 bridgehead atoms. The van der Waals surface area contributed by atoms with Crippen LogP contribution in [0.3, 0.4) is 0 Å². The Balaban J connectivity index is 1.85. The second-order valence-corrected chi connectivity index (χ2v) is 7.92. The summed E-state index contributed by atoms with van der Waals surface area (Å²) in [5.41, 5.74) is 2.83. The van der Waals surface area contributed by atoms with Crippen molar-refractivity contribution in [3.8, 4) is 0 Å². The van der Waals surface area contributed by atoms with E-state index < -0.39 is 0 Å². The highest BCUT2D eigenvalue weighted by Gasteiger charge is 2.13. The minimum atomic E-state index is -0.120. The van der Waals surface area contributed by atoms with E-state index in [0.717, 1.165) is 4.90 Å². The van der Waals surface area contributed by atoms with Gasteiger partial charge >= 0.3 is 0 Å². The number of rotatable bonds is 5. The molecule has 5 heteroatoms. The van der Waals surface area contributed by atoms with Crippen molar-refractivity contribution in [1.29, 1.82) is 0 Å². The lowest BCUT2D eigenvalue weighted by atomic mass is 9.87. The summed E-state index contributed by atoms with van der Waals surface area (Å²) < 4.78 is 0. The normalized spacial score (nSPS) is 11.0. The van der Waals surface area contributed by atoms with Gasteiger partial charge in [0, 0.05) is 23.2 Å². The van der Waals surface area contributed by atoms with Crippen molar-refractivity contribution in [2.24, 2.45) is 0 Å². The number of carbonyl (C=O) groups excluding carboxylic acids is 2. The summed E-state index contributed by atoms with van der Waals surface area (Å²) in [5.74, 6) is 0.172. The first-order valence-corrected chi connectivity index (χ1v) is 9.13. The van der Waals surface area contributed by atoms with Gasteiger partial charge in [-0.3, -0.25) is 9.59 Å². The molecule has 0 unspecified atom stereocenters. The van der Waals surface area contributed by atoms with Crippen LogP contribution in [0.2, 0.25) is 0 Å². The molecule has 0 aliphatic carbocycles. The van der Waals surface area contributed by atoms with Gasteiger partial charge in [-0.15, -0.1) is 11.8 Å². The van der Waals surface area contributed by atoms with Gasteiger partial charge in [0.25, 0.3) is 0 Å². The van der Waals surface area contributed by atoms with Crippen LogP contribution in [0, 0.1) is 0 Å². The summed E-state index contributed by atoms with van der Waals surface area (Å²) in [5, 5.41) is 5.55. The predicted molar refractivity (Wildman–Crippen MR) is 105 cm³/mol. The van der Waals surface area contributed by atoms with Crippen molar-refractivity contribution in [3.63, 3.8) is 0 Å². The molecular weight excluding hydrogens is 332 g/mol. The molecule has 4 nitrogen and oxygen atoms in total. The second-order valence-electron chi connectivity index (χ2n) is 6.87. The SMILES string of the molecule is CC(=O)Nc1ccc(NC(=O)CSc2ccc(C(C)(C)C)cc2)cc1. The molecule has 2 amide bonds. The third-order valence-corrected chi connectivity index (χ3v) is 4.59. The Kier molecular flexibility index (Phi) is 6.26. The Hall–Kier alpha value is -2.27. The second kappa shape index (κ2) is 8.21. The van der Waals surface area contributed by atoms with E-state index in [-0.39, 0.29) is 17.2 Å². The van der Waals surface area contributed by atoms with Crippen LogP contribution in [0.1, 0.15) is 33.3 Å². The quantitative estimate of drug-likeness (QED) is 0.765. The highest BCUT2D eigenvalue weighted by atomic mass is 32.2. The van der Waals surface area contributed by atoms with Crippen LogP contribution in [-0.2, 0) is 15.0 Å². The molecule has 2 aromatic rings. The zero-order chi connectivity index (χ0) is 18.4. The van der Waals surface area contributed by atoms with Crippen LogP contribution < -0.4 is 10.6 Å². The van der Waals surface area contributed by atoms with Crippen LogP contribution in [-0.4, -0.2) is 17.6 Å². The molecule has 2 aromatic carbocycles. The van der Waals surface area contributed by atoms with Crippen LogP contribution >= 0.6 is 11.8 Å². The number of nitrogens with one attached hydrogen (secondary N) is 2. The van der Waals surface area contributed by atoms with E-state index in [1.54, 1.807) is 24.3 Å². The number of amides is 2. The molecule has 0 aliphatic rings. The molecular formula is C20H24N2O2S. The summed E-state index contributed by atoms with van der Waals surface area (Å²) in [7, 11) is 0. The fraction of sp³-hybridized carbons (Fsp3) is 0.300. The van der Waals surface area contributed by atoms with Crippen molar-refractivity contribution >= 4 is 35.0 Å². The molecule has 0 fully saturated rings. The molecule has 132 valence electrons. The van der Waals surface area contributed by atoms with Crippen molar-refractivity contribution < 1.29 is 9.59 Å². The standard InChI is InChI=1S/C20H24N2O2S/c1-14(23)21-16-7-9-17(10-8-16)22-19(24)13-25-18-11-5-15(6-12-18)20(2,3)4/h5-12H,13H2,1-4H3,(H,21,23)(H,22,24). The van der Waals surface area contributed by atoms with Gasteiger partial charge in [-0.1, -0.05) is 32.9 Å². The maximum absolute atomic E-state index is 12.1. The van der Waals surface area contributed by atoms with Gasteiger partial charge in [-0.2, -0.15) is 0 Å². The number of hydrogen-bond acceptors (Lipinski definition) is 3. The van der Waals surface area contributed by atoms with Gasteiger partial charge < -0.3 is 10.6 Å². The Morgan fingerprint density at radius 2 is 1.40 bits per heavy atom. The van der Waals surface area contributed by atoms with Gasteiger partial charge in [-0.25, -0.2) is 0 Å². The monoisotopic (exact) mass is 356 g/mol. The number of anilines is 2. The molecule has 0 radical (unpaired) electrons. The highest BCUT2D eigenvalue weighted by molar-refractivity contribution is 8.00. The van der Waals surface area contributed by atoms with Gasteiger partial charge in [0.1, 0.15) is 0 Å². The highest BCUT2D eigenvalue weighted by Crippen LogP contribution is 2.25. The first-order chi connectivity index (χ1) is 11.7. The summed E-state index contributed by atoms with van der Waals surface area (Å²) in [6.45, 7) is 8.00. The van der Waals surface area contributed by atoms with Crippen LogP contribution in [0.5, 0.6) is 0 Å². The molecule has 0 saturated heterocycles. The van der Waals surface area contributed by atoms with E-state index in [1.165, 1.54) is 24.2 Å². The largest absolute Gasteiger partial charge is 0.326 e. The number of benzene rings is 2. The Morgan fingerprint density at radius 1 is 0.880 bits per heavy atom. The molecule has 0 spiro atoms. The predicted octanol–water partition coefficient (Wildman–Crippen LogP) is 4.67. The maximum atomic E-state index is 12.1. The molecule has 0 saturated carbocycles. The van der Waals surface area contributed by atoms with Crippen molar-refractivity contribution in [1.82, 2.24) is 0 Å². The summed E-state index contributed by atoms with van der Waals surface area (Å²) >= 11 is 1.51. The fourth-order valence-corrected chi connectivity index (χ4v) is 2.94. The first kappa shape index (κ1) is 19.1. The van der Waals surface area contributed by atoms with Crippen molar-refractivity contribution in [3.05, 3.63) is 54.1 Å². The van der Waals surface area contributed by atoms with E-state index in [0.29, 0.717) is 17.1 Å². The minimum absolute atomic E-state index is 0.0582. The Morgan fingerprint density at radius 3 is 1.88 bits per heavy atom. The van der Waals surface area contributed by atoms with Crippen LogP contribution in [0.15, 0.2) is 53.4 Å². The lowest BCUT2D eigenvalue weighted by molar-refractivity contribution is -0.114. The van der Waals surface area contributed by atoms with Gasteiger partial charge in [0.15, 0.2) is 0 Å². The smallest absolute Gasteiger partial charge is 0.234 e. The minimum Gasteiger partial charge on any atom is -0.326 e. The molecule has 2 rings (SSSR count). The summed E-state index contributed by atoms with van der Waals surface area (Å²) in [6.07, 6.45) is 0. The molecule has 2 N–H and O–H groups in total. The molecule has 0 atom stereocenters. The third-order valence-electron chi connectivity index (χ3n) is 3.58. The van der Waals surface area contributed by atoms with Gasteiger partial charge in [-0.05, 0) is 47.4 Å². The van der Waals surface area contributed by atoms with Gasteiger partial charge in [0.2, 0.25) is 11.8 Å². The topological polar surface area (TPSA) is 58.2 Å². The Bertz CT molecular complexity index is 732. The average Bonchev–Trinajstić information content (AvgIpc) is 2.54. The molecule has 25 heavy (non-hydrogen) atoms.